The molecule has 3 heterocycles. The molecule has 1 amide bonds. The number of nitrogens with one attached hydrogen (secondary N) is 1. The average Bonchev–Trinajstić information content (AvgIpc) is 3.22. The van der Waals surface area contributed by atoms with Crippen LogP contribution in [0.4, 0.5) is 0 Å². The van der Waals surface area contributed by atoms with Crippen LogP contribution >= 0.6 is 0 Å². The van der Waals surface area contributed by atoms with Crippen LogP contribution in [0.1, 0.15) is 37.9 Å². The molecule has 0 bridgehead atoms. The SMILES string of the molecule is CC(C)(C)C(=O)C1=C(O)C(=O)N(Cc2cccnc2)C1c1c[nH]c2ccccc12. The maximum atomic E-state index is 13.2. The first kappa shape index (κ1) is 18.9. The Hall–Kier alpha value is -3.41. The fraction of sp³-hybridized carbons (Fsp3) is 0.261. The molecule has 1 aliphatic rings. The number of hydrogen-bond acceptors (Lipinski definition) is 4. The van der Waals surface area contributed by atoms with Gasteiger partial charge < -0.3 is 15.0 Å². The third-order valence-corrected chi connectivity index (χ3v) is 5.22. The number of carbonyl (C=O) groups excluding carboxylic acids is 2. The Morgan fingerprint density at radius 2 is 1.97 bits per heavy atom. The fourth-order valence-electron chi connectivity index (χ4n) is 3.78. The van der Waals surface area contributed by atoms with Crippen LogP contribution in [-0.2, 0) is 16.1 Å². The molecule has 6 heteroatoms. The van der Waals surface area contributed by atoms with Crippen molar-refractivity contribution in [1.29, 1.82) is 0 Å². The summed E-state index contributed by atoms with van der Waals surface area (Å²) in [5, 5.41) is 11.6. The highest BCUT2D eigenvalue weighted by Gasteiger charge is 2.46. The van der Waals surface area contributed by atoms with Gasteiger partial charge in [-0.25, -0.2) is 0 Å². The number of nitrogens with zero attached hydrogens (tertiary/aromatic N) is 2. The zero-order chi connectivity index (χ0) is 20.8. The number of fused-ring (bicyclic) bond motifs is 1. The van der Waals surface area contributed by atoms with Crippen molar-refractivity contribution in [3.8, 4) is 0 Å². The minimum absolute atomic E-state index is 0.149. The average molecular weight is 389 g/mol. The first-order valence-corrected chi connectivity index (χ1v) is 9.53. The summed E-state index contributed by atoms with van der Waals surface area (Å²) in [6, 6.07) is 10.7. The van der Waals surface area contributed by atoms with Crippen molar-refractivity contribution < 1.29 is 14.7 Å². The summed E-state index contributed by atoms with van der Waals surface area (Å²) in [5.74, 6) is -1.26. The molecule has 0 saturated heterocycles. The van der Waals surface area contributed by atoms with Gasteiger partial charge in [-0.15, -0.1) is 0 Å². The van der Waals surface area contributed by atoms with Gasteiger partial charge in [-0.1, -0.05) is 45.0 Å². The Kier molecular flexibility index (Phi) is 4.49. The Bertz CT molecular complexity index is 1120. The molecule has 0 saturated carbocycles. The normalized spacial score (nSPS) is 17.4. The second-order valence-corrected chi connectivity index (χ2v) is 8.33. The molecular formula is C23H23N3O3. The van der Waals surface area contributed by atoms with Crippen LogP contribution < -0.4 is 0 Å². The summed E-state index contributed by atoms with van der Waals surface area (Å²) in [4.78, 5) is 35.1. The monoisotopic (exact) mass is 389 g/mol. The number of carbonyl (C=O) groups is 2. The van der Waals surface area contributed by atoms with Gasteiger partial charge >= 0.3 is 0 Å². The second kappa shape index (κ2) is 6.88. The molecular weight excluding hydrogens is 366 g/mol. The minimum atomic E-state index is -0.738. The van der Waals surface area contributed by atoms with E-state index < -0.39 is 23.1 Å². The summed E-state index contributed by atoms with van der Waals surface area (Å²) < 4.78 is 0. The quantitative estimate of drug-likeness (QED) is 0.704. The number of benzene rings is 1. The predicted octanol–water partition coefficient (Wildman–Crippen LogP) is 4.07. The van der Waals surface area contributed by atoms with E-state index in [9.17, 15) is 14.7 Å². The summed E-state index contributed by atoms with van der Waals surface area (Å²) in [6.07, 6.45) is 5.16. The van der Waals surface area contributed by atoms with E-state index in [1.165, 1.54) is 0 Å². The zero-order valence-corrected chi connectivity index (χ0v) is 16.6. The Morgan fingerprint density at radius 1 is 1.21 bits per heavy atom. The van der Waals surface area contributed by atoms with E-state index in [0.29, 0.717) is 0 Å². The van der Waals surface area contributed by atoms with E-state index in [-0.39, 0.29) is 17.9 Å². The Labute approximate surface area is 168 Å². The number of aromatic amines is 1. The van der Waals surface area contributed by atoms with Crippen molar-refractivity contribution in [3.05, 3.63) is 77.4 Å². The number of ketones is 1. The van der Waals surface area contributed by atoms with Gasteiger partial charge in [0.2, 0.25) is 0 Å². The van der Waals surface area contributed by atoms with Gasteiger partial charge in [-0.05, 0) is 17.7 Å². The van der Waals surface area contributed by atoms with Crippen molar-refractivity contribution >= 4 is 22.6 Å². The lowest BCUT2D eigenvalue weighted by Gasteiger charge is -2.28. The summed E-state index contributed by atoms with van der Waals surface area (Å²) >= 11 is 0. The van der Waals surface area contributed by atoms with Crippen LogP contribution in [0.25, 0.3) is 10.9 Å². The predicted molar refractivity (Wildman–Crippen MR) is 110 cm³/mol. The number of H-pyrrole nitrogens is 1. The van der Waals surface area contributed by atoms with E-state index >= 15 is 0 Å². The first-order valence-electron chi connectivity index (χ1n) is 9.53. The van der Waals surface area contributed by atoms with Gasteiger partial charge in [-0.2, -0.15) is 0 Å². The van der Waals surface area contributed by atoms with Gasteiger partial charge in [0.05, 0.1) is 11.6 Å². The van der Waals surface area contributed by atoms with Crippen LogP contribution in [0.5, 0.6) is 0 Å². The molecule has 29 heavy (non-hydrogen) atoms. The van der Waals surface area contributed by atoms with Gasteiger partial charge in [0.25, 0.3) is 5.91 Å². The number of aliphatic hydroxyl groups is 1. The molecule has 1 aromatic carbocycles. The number of aliphatic hydroxyl groups excluding tert-OH is 1. The van der Waals surface area contributed by atoms with E-state index in [1.807, 2.05) is 36.5 Å². The first-order chi connectivity index (χ1) is 13.8. The number of hydrogen-bond donors (Lipinski definition) is 2. The van der Waals surface area contributed by atoms with Crippen molar-refractivity contribution in [3.63, 3.8) is 0 Å². The van der Waals surface area contributed by atoms with Gasteiger partial charge in [0, 0.05) is 47.0 Å². The standard InChI is InChI=1S/C23H23N3O3/c1-23(2,3)21(28)18-19(16-12-25-17-9-5-4-8-15(16)17)26(22(29)20(18)27)13-14-7-6-10-24-11-14/h4-12,19,25,27H,13H2,1-3H3. The summed E-state index contributed by atoms with van der Waals surface area (Å²) in [5.41, 5.74) is 1.93. The lowest BCUT2D eigenvalue weighted by Crippen LogP contribution is -2.32. The molecule has 4 rings (SSSR count). The van der Waals surface area contributed by atoms with Crippen LogP contribution in [0.2, 0.25) is 0 Å². The van der Waals surface area contributed by atoms with Crippen LogP contribution in [0.3, 0.4) is 0 Å². The summed E-state index contributed by atoms with van der Waals surface area (Å²) in [6.45, 7) is 5.60. The molecule has 0 aliphatic carbocycles. The lowest BCUT2D eigenvalue weighted by molar-refractivity contribution is -0.130. The van der Waals surface area contributed by atoms with Gasteiger partial charge in [0.15, 0.2) is 11.5 Å². The largest absolute Gasteiger partial charge is 0.503 e. The van der Waals surface area contributed by atoms with Gasteiger partial charge in [-0.3, -0.25) is 14.6 Å². The molecule has 148 valence electrons. The van der Waals surface area contributed by atoms with Gasteiger partial charge in [0.1, 0.15) is 0 Å². The summed E-state index contributed by atoms with van der Waals surface area (Å²) in [7, 11) is 0. The third kappa shape index (κ3) is 3.20. The number of rotatable bonds is 4. The van der Waals surface area contributed by atoms with Crippen LogP contribution in [-0.4, -0.2) is 31.7 Å². The molecule has 1 unspecified atom stereocenters. The van der Waals surface area contributed by atoms with E-state index in [1.54, 1.807) is 44.1 Å². The minimum Gasteiger partial charge on any atom is -0.503 e. The molecule has 6 nitrogen and oxygen atoms in total. The van der Waals surface area contributed by atoms with E-state index in [2.05, 4.69) is 9.97 Å². The molecule has 0 fully saturated rings. The molecule has 2 aromatic heterocycles. The lowest BCUT2D eigenvalue weighted by atomic mass is 9.82. The third-order valence-electron chi connectivity index (χ3n) is 5.22. The molecule has 0 spiro atoms. The van der Waals surface area contributed by atoms with Crippen molar-refractivity contribution in [2.24, 2.45) is 5.41 Å². The number of Topliss-reactive ketones (excluding diaryl/α,β-unsaturated/α-hetero) is 1. The van der Waals surface area contributed by atoms with E-state index in [4.69, 9.17) is 0 Å². The maximum Gasteiger partial charge on any atom is 0.290 e. The Morgan fingerprint density at radius 3 is 2.66 bits per heavy atom. The van der Waals surface area contributed by atoms with Crippen molar-refractivity contribution in [1.82, 2.24) is 14.9 Å². The highest BCUT2D eigenvalue weighted by molar-refractivity contribution is 6.11. The molecule has 2 N–H and O–H groups in total. The van der Waals surface area contributed by atoms with Crippen LogP contribution in [0.15, 0.2) is 66.3 Å². The molecule has 1 aliphatic heterocycles. The zero-order valence-electron chi connectivity index (χ0n) is 16.6. The number of pyridine rings is 1. The number of amides is 1. The fourth-order valence-corrected chi connectivity index (χ4v) is 3.78. The number of para-hydroxylation sites is 1. The van der Waals surface area contributed by atoms with Crippen LogP contribution in [0, 0.1) is 5.41 Å². The smallest absolute Gasteiger partial charge is 0.290 e. The Balaban J connectivity index is 1.88. The highest BCUT2D eigenvalue weighted by atomic mass is 16.3. The highest BCUT2D eigenvalue weighted by Crippen LogP contribution is 2.43. The number of aromatic nitrogens is 2. The molecule has 0 radical (unpaired) electrons. The van der Waals surface area contributed by atoms with Crippen molar-refractivity contribution in [2.75, 3.05) is 0 Å². The molecule has 1 atom stereocenters. The van der Waals surface area contributed by atoms with E-state index in [0.717, 1.165) is 22.0 Å². The topological polar surface area (TPSA) is 86.3 Å². The maximum absolute atomic E-state index is 13.2. The molecule has 3 aromatic rings. The van der Waals surface area contributed by atoms with Crippen molar-refractivity contribution in [2.45, 2.75) is 33.4 Å². The second-order valence-electron chi connectivity index (χ2n) is 8.33.